The fourth-order valence-corrected chi connectivity index (χ4v) is 2.24. The largest absolute Gasteiger partial charge is 0.367 e. The third-order valence-electron chi connectivity index (χ3n) is 3.34. The normalized spacial score (nSPS) is 17.9. The Labute approximate surface area is 102 Å². The zero-order valence-corrected chi connectivity index (χ0v) is 10.6. The summed E-state index contributed by atoms with van der Waals surface area (Å²) >= 11 is 5.86. The van der Waals surface area contributed by atoms with Crippen LogP contribution in [0.25, 0.3) is 0 Å². The maximum Gasteiger partial charge on any atom is 0.133 e. The predicted molar refractivity (Wildman–Crippen MR) is 67.0 cm³/mol. The zero-order valence-electron chi connectivity index (χ0n) is 9.83. The molecule has 2 rings (SSSR count). The molecule has 0 bridgehead atoms. The Morgan fingerprint density at radius 1 is 1.38 bits per heavy atom. The summed E-state index contributed by atoms with van der Waals surface area (Å²) in [5, 5.41) is 3.46. The summed E-state index contributed by atoms with van der Waals surface area (Å²) in [4.78, 5) is 8.66. The van der Waals surface area contributed by atoms with E-state index in [4.69, 9.17) is 11.6 Å². The average molecular weight is 240 g/mol. The first-order chi connectivity index (χ1) is 7.72. The number of anilines is 1. The molecule has 0 aromatic carbocycles. The number of nitrogens with one attached hydrogen (secondary N) is 1. The second kappa shape index (κ2) is 5.00. The van der Waals surface area contributed by atoms with Gasteiger partial charge < -0.3 is 5.32 Å². The molecule has 0 amide bonds. The Morgan fingerprint density at radius 2 is 2.19 bits per heavy atom. The van der Waals surface area contributed by atoms with Crippen LogP contribution in [0.2, 0.25) is 0 Å². The lowest BCUT2D eigenvalue weighted by molar-refractivity contribution is 0.563. The second-order valence-corrected chi connectivity index (χ2v) is 4.87. The van der Waals surface area contributed by atoms with E-state index in [-0.39, 0.29) is 0 Å². The van der Waals surface area contributed by atoms with Crippen LogP contribution in [0.4, 0.5) is 5.82 Å². The van der Waals surface area contributed by atoms with Crippen LogP contribution in [0.5, 0.6) is 0 Å². The van der Waals surface area contributed by atoms with Gasteiger partial charge in [0.2, 0.25) is 0 Å². The van der Waals surface area contributed by atoms with E-state index in [1.165, 1.54) is 17.7 Å². The molecule has 0 saturated heterocycles. The molecule has 0 spiro atoms. The summed E-state index contributed by atoms with van der Waals surface area (Å²) in [6.45, 7) is 4.29. The molecule has 1 heterocycles. The number of hydrogen-bond acceptors (Lipinski definition) is 3. The van der Waals surface area contributed by atoms with E-state index in [1.54, 1.807) is 6.33 Å². The Balaban J connectivity index is 2.13. The molecule has 2 atom stereocenters. The van der Waals surface area contributed by atoms with Gasteiger partial charge in [0.15, 0.2) is 0 Å². The monoisotopic (exact) mass is 239 g/mol. The van der Waals surface area contributed by atoms with Crippen molar-refractivity contribution in [2.45, 2.75) is 39.2 Å². The summed E-state index contributed by atoms with van der Waals surface area (Å²) in [6, 6.07) is 0.345. The third-order valence-corrected chi connectivity index (χ3v) is 3.82. The summed E-state index contributed by atoms with van der Waals surface area (Å²) in [7, 11) is 0. The highest BCUT2D eigenvalue weighted by Crippen LogP contribution is 2.26. The van der Waals surface area contributed by atoms with Crippen molar-refractivity contribution in [1.29, 1.82) is 0 Å². The standard InChI is InChI=1S/C12H18ClN3/c1-8(6-13)9(2)16-12-10-4-3-5-11(10)14-7-15-12/h7-9H,3-6H2,1-2H3,(H,14,15,16). The Bertz CT molecular complexity index is 367. The van der Waals surface area contributed by atoms with E-state index < -0.39 is 0 Å². The number of hydrogen-bond donors (Lipinski definition) is 1. The number of nitrogens with zero attached hydrogens (tertiary/aromatic N) is 2. The van der Waals surface area contributed by atoms with Gasteiger partial charge in [0.1, 0.15) is 12.1 Å². The van der Waals surface area contributed by atoms with Crippen molar-refractivity contribution in [3.05, 3.63) is 17.6 Å². The maximum atomic E-state index is 5.86. The molecule has 1 aliphatic rings. The number of rotatable bonds is 4. The molecule has 0 radical (unpaired) electrons. The molecular formula is C12H18ClN3. The van der Waals surface area contributed by atoms with Crippen molar-refractivity contribution in [3.8, 4) is 0 Å². The Hall–Kier alpha value is -0.830. The van der Waals surface area contributed by atoms with E-state index >= 15 is 0 Å². The van der Waals surface area contributed by atoms with E-state index in [1.807, 2.05) is 0 Å². The first-order valence-electron chi connectivity index (χ1n) is 5.87. The van der Waals surface area contributed by atoms with Crippen molar-refractivity contribution in [2.24, 2.45) is 5.92 Å². The van der Waals surface area contributed by atoms with Gasteiger partial charge in [-0.05, 0) is 32.1 Å². The highest BCUT2D eigenvalue weighted by molar-refractivity contribution is 6.18. The lowest BCUT2D eigenvalue weighted by Crippen LogP contribution is -2.26. The third kappa shape index (κ3) is 2.29. The number of alkyl halides is 1. The van der Waals surface area contributed by atoms with Gasteiger partial charge in [-0.1, -0.05) is 6.92 Å². The van der Waals surface area contributed by atoms with Crippen LogP contribution in [-0.4, -0.2) is 21.9 Å². The van der Waals surface area contributed by atoms with E-state index in [9.17, 15) is 0 Å². The molecular weight excluding hydrogens is 222 g/mol. The van der Waals surface area contributed by atoms with Gasteiger partial charge in [0.05, 0.1) is 0 Å². The van der Waals surface area contributed by atoms with Gasteiger partial charge in [0.25, 0.3) is 0 Å². The van der Waals surface area contributed by atoms with Crippen molar-refractivity contribution < 1.29 is 0 Å². The molecule has 2 unspecified atom stereocenters. The van der Waals surface area contributed by atoms with Gasteiger partial charge in [-0.25, -0.2) is 9.97 Å². The number of aromatic nitrogens is 2. The molecule has 1 N–H and O–H groups in total. The number of aryl methyl sites for hydroxylation is 1. The van der Waals surface area contributed by atoms with Crippen LogP contribution in [0.15, 0.2) is 6.33 Å². The van der Waals surface area contributed by atoms with Crippen molar-refractivity contribution in [2.75, 3.05) is 11.2 Å². The van der Waals surface area contributed by atoms with Gasteiger partial charge in [-0.3, -0.25) is 0 Å². The van der Waals surface area contributed by atoms with E-state index in [0.29, 0.717) is 17.8 Å². The van der Waals surface area contributed by atoms with Gasteiger partial charge in [-0.15, -0.1) is 11.6 Å². The lowest BCUT2D eigenvalue weighted by atomic mass is 10.1. The smallest absolute Gasteiger partial charge is 0.133 e. The molecule has 88 valence electrons. The number of fused-ring (bicyclic) bond motifs is 1. The van der Waals surface area contributed by atoms with Crippen LogP contribution in [0, 0.1) is 5.92 Å². The van der Waals surface area contributed by atoms with Crippen LogP contribution in [-0.2, 0) is 12.8 Å². The fraction of sp³-hybridized carbons (Fsp3) is 0.667. The predicted octanol–water partition coefficient (Wildman–Crippen LogP) is 2.64. The second-order valence-electron chi connectivity index (χ2n) is 4.57. The summed E-state index contributed by atoms with van der Waals surface area (Å²) in [5.74, 6) is 2.11. The Kier molecular flexibility index (Phi) is 3.64. The molecule has 0 fully saturated rings. The minimum Gasteiger partial charge on any atom is -0.367 e. The minimum absolute atomic E-state index is 0.345. The van der Waals surface area contributed by atoms with Crippen LogP contribution in [0.1, 0.15) is 31.5 Å². The SMILES string of the molecule is CC(CCl)C(C)Nc1ncnc2c1CCC2. The molecule has 0 saturated carbocycles. The van der Waals surface area contributed by atoms with Gasteiger partial charge in [-0.2, -0.15) is 0 Å². The molecule has 4 heteroatoms. The van der Waals surface area contributed by atoms with E-state index in [0.717, 1.165) is 18.7 Å². The molecule has 16 heavy (non-hydrogen) atoms. The van der Waals surface area contributed by atoms with Gasteiger partial charge in [0, 0.05) is 23.2 Å². The van der Waals surface area contributed by atoms with Gasteiger partial charge >= 0.3 is 0 Å². The summed E-state index contributed by atoms with van der Waals surface area (Å²) in [5.41, 5.74) is 2.51. The Morgan fingerprint density at radius 3 is 2.94 bits per heavy atom. The average Bonchev–Trinajstić information content (AvgIpc) is 2.77. The molecule has 1 aromatic heterocycles. The van der Waals surface area contributed by atoms with E-state index in [2.05, 4.69) is 29.1 Å². The zero-order chi connectivity index (χ0) is 11.5. The number of halogens is 1. The first kappa shape index (κ1) is 11.6. The highest BCUT2D eigenvalue weighted by atomic mass is 35.5. The van der Waals surface area contributed by atoms with Crippen LogP contribution >= 0.6 is 11.6 Å². The molecule has 3 nitrogen and oxygen atoms in total. The maximum absolute atomic E-state index is 5.86. The summed E-state index contributed by atoms with van der Waals surface area (Å²) in [6.07, 6.45) is 5.04. The van der Waals surface area contributed by atoms with Crippen molar-refractivity contribution in [1.82, 2.24) is 9.97 Å². The quantitative estimate of drug-likeness (QED) is 0.821. The van der Waals surface area contributed by atoms with Crippen LogP contribution < -0.4 is 5.32 Å². The summed E-state index contributed by atoms with van der Waals surface area (Å²) < 4.78 is 0. The fourth-order valence-electron chi connectivity index (χ4n) is 1.98. The highest BCUT2D eigenvalue weighted by Gasteiger charge is 2.19. The molecule has 1 aliphatic carbocycles. The lowest BCUT2D eigenvalue weighted by Gasteiger charge is -2.21. The molecule has 0 aliphatic heterocycles. The van der Waals surface area contributed by atoms with Crippen molar-refractivity contribution in [3.63, 3.8) is 0 Å². The molecule has 1 aromatic rings. The first-order valence-corrected chi connectivity index (χ1v) is 6.41. The van der Waals surface area contributed by atoms with Crippen molar-refractivity contribution >= 4 is 17.4 Å². The minimum atomic E-state index is 0.345. The van der Waals surface area contributed by atoms with Crippen LogP contribution in [0.3, 0.4) is 0 Å². The topological polar surface area (TPSA) is 37.8 Å².